The van der Waals surface area contributed by atoms with Crippen molar-refractivity contribution in [1.29, 1.82) is 0 Å². The van der Waals surface area contributed by atoms with Gasteiger partial charge < -0.3 is 11.1 Å². The van der Waals surface area contributed by atoms with Gasteiger partial charge in [0.25, 0.3) is 0 Å². The van der Waals surface area contributed by atoms with Crippen LogP contribution in [0.3, 0.4) is 0 Å². The van der Waals surface area contributed by atoms with Crippen molar-refractivity contribution in [3.8, 4) is 5.69 Å². The number of hydrogen-bond acceptors (Lipinski definition) is 3. The summed E-state index contributed by atoms with van der Waals surface area (Å²) in [4.78, 5) is 11.8. The maximum Gasteiger partial charge on any atom is 0.220 e. The van der Waals surface area contributed by atoms with Gasteiger partial charge in [-0.25, -0.2) is 4.68 Å². The number of aryl methyl sites for hydroxylation is 1. The lowest BCUT2D eigenvalue weighted by Gasteiger charge is -2.08. The van der Waals surface area contributed by atoms with Gasteiger partial charge in [-0.05, 0) is 39.3 Å². The molecule has 1 unspecified atom stereocenters. The summed E-state index contributed by atoms with van der Waals surface area (Å²) in [6.07, 6.45) is 1.16. The van der Waals surface area contributed by atoms with Crippen LogP contribution in [0.1, 0.15) is 36.7 Å². The smallest absolute Gasteiger partial charge is 0.220 e. The second-order valence-corrected chi connectivity index (χ2v) is 5.69. The maximum absolute atomic E-state index is 11.8. The molecule has 0 radical (unpaired) electrons. The van der Waals surface area contributed by atoms with Gasteiger partial charge in [0.05, 0.1) is 11.4 Å². The lowest BCUT2D eigenvalue weighted by molar-refractivity contribution is -0.121. The highest BCUT2D eigenvalue weighted by atomic mass is 16.1. The van der Waals surface area contributed by atoms with Gasteiger partial charge in [-0.2, -0.15) is 5.10 Å². The first-order valence-electron chi connectivity index (χ1n) is 7.62. The van der Waals surface area contributed by atoms with Crippen LogP contribution < -0.4 is 11.1 Å². The summed E-state index contributed by atoms with van der Waals surface area (Å²) in [7, 11) is 0. The molecule has 1 aromatic carbocycles. The van der Waals surface area contributed by atoms with Crippen LogP contribution in [0.2, 0.25) is 0 Å². The van der Waals surface area contributed by atoms with Crippen molar-refractivity contribution in [3.63, 3.8) is 0 Å². The third-order valence-electron chi connectivity index (χ3n) is 3.73. The molecule has 0 saturated heterocycles. The summed E-state index contributed by atoms with van der Waals surface area (Å²) in [5.74, 6) is 0.0311. The maximum atomic E-state index is 11.8. The van der Waals surface area contributed by atoms with Crippen molar-refractivity contribution in [2.24, 2.45) is 5.73 Å². The van der Waals surface area contributed by atoms with Crippen molar-refractivity contribution in [3.05, 3.63) is 47.3 Å². The molecule has 22 heavy (non-hydrogen) atoms. The third kappa shape index (κ3) is 3.95. The lowest BCUT2D eigenvalue weighted by atomic mass is 10.1. The van der Waals surface area contributed by atoms with E-state index < -0.39 is 0 Å². The molecule has 5 nitrogen and oxygen atoms in total. The number of aromatic nitrogens is 2. The summed E-state index contributed by atoms with van der Waals surface area (Å²) in [5, 5.41) is 7.53. The first-order chi connectivity index (χ1) is 10.5. The van der Waals surface area contributed by atoms with Gasteiger partial charge in [-0.3, -0.25) is 4.79 Å². The molecule has 0 saturated carbocycles. The highest BCUT2D eigenvalue weighted by Gasteiger charge is 2.13. The van der Waals surface area contributed by atoms with Crippen LogP contribution in [0.5, 0.6) is 0 Å². The summed E-state index contributed by atoms with van der Waals surface area (Å²) in [6, 6.07) is 10.0. The Hall–Kier alpha value is -2.14. The number of carbonyl (C=O) groups is 1. The molecule has 5 heteroatoms. The minimum absolute atomic E-state index is 0.0311. The molecular weight excluding hydrogens is 276 g/mol. The summed E-state index contributed by atoms with van der Waals surface area (Å²) >= 11 is 0. The average Bonchev–Trinajstić information content (AvgIpc) is 2.79. The highest BCUT2D eigenvalue weighted by molar-refractivity contribution is 5.75. The summed E-state index contributed by atoms with van der Waals surface area (Å²) in [6.45, 7) is 6.40. The number of nitrogens with two attached hydrogens (primary N) is 1. The number of rotatable bonds is 6. The van der Waals surface area contributed by atoms with Gasteiger partial charge in [-0.15, -0.1) is 0 Å². The van der Waals surface area contributed by atoms with Gasteiger partial charge in [0, 0.05) is 30.3 Å². The second kappa shape index (κ2) is 7.22. The Morgan fingerprint density at radius 1 is 1.32 bits per heavy atom. The molecule has 0 aliphatic carbocycles. The number of nitrogens with zero attached hydrogens (tertiary/aromatic N) is 2. The molecular formula is C17H24N4O. The van der Waals surface area contributed by atoms with Crippen LogP contribution in [-0.2, 0) is 11.3 Å². The first kappa shape index (κ1) is 16.2. The highest BCUT2D eigenvalue weighted by Crippen LogP contribution is 2.17. The summed E-state index contributed by atoms with van der Waals surface area (Å²) < 4.78 is 1.92. The minimum atomic E-state index is 0.0311. The third-order valence-corrected chi connectivity index (χ3v) is 3.73. The number of para-hydroxylation sites is 1. The van der Waals surface area contributed by atoms with E-state index in [2.05, 4.69) is 10.4 Å². The van der Waals surface area contributed by atoms with Gasteiger partial charge in [0.2, 0.25) is 5.91 Å². The van der Waals surface area contributed by atoms with Crippen molar-refractivity contribution >= 4 is 5.91 Å². The van der Waals surface area contributed by atoms with Gasteiger partial charge in [0.15, 0.2) is 0 Å². The van der Waals surface area contributed by atoms with Crippen LogP contribution >= 0.6 is 0 Å². The number of nitrogens with one attached hydrogen (secondary N) is 1. The Balaban J connectivity index is 2.06. The quantitative estimate of drug-likeness (QED) is 0.859. The van der Waals surface area contributed by atoms with Gasteiger partial charge >= 0.3 is 0 Å². The Morgan fingerprint density at radius 3 is 2.64 bits per heavy atom. The predicted octanol–water partition coefficient (Wildman–Crippen LogP) is 2.23. The second-order valence-electron chi connectivity index (χ2n) is 5.69. The van der Waals surface area contributed by atoms with Crippen LogP contribution in [0, 0.1) is 13.8 Å². The molecule has 118 valence electrons. The van der Waals surface area contributed by atoms with E-state index >= 15 is 0 Å². The van der Waals surface area contributed by atoms with Crippen LogP contribution in [0.15, 0.2) is 30.3 Å². The van der Waals surface area contributed by atoms with Crippen LogP contribution in [0.25, 0.3) is 5.69 Å². The fourth-order valence-electron chi connectivity index (χ4n) is 2.39. The van der Waals surface area contributed by atoms with E-state index in [0.29, 0.717) is 19.4 Å². The predicted molar refractivity (Wildman–Crippen MR) is 87.8 cm³/mol. The number of carbonyl (C=O) groups excluding carboxylic acids is 1. The van der Waals surface area contributed by atoms with E-state index in [0.717, 1.165) is 22.6 Å². The molecule has 2 rings (SSSR count). The standard InChI is InChI=1S/C17H24N4O/c1-12(18)9-10-17(22)19-11-16-13(2)20-21(14(16)3)15-7-5-4-6-8-15/h4-8,12H,9-11,18H2,1-3H3,(H,19,22). The first-order valence-corrected chi connectivity index (χ1v) is 7.62. The molecule has 1 atom stereocenters. The fourth-order valence-corrected chi connectivity index (χ4v) is 2.39. The van der Waals surface area contributed by atoms with Crippen molar-refractivity contribution < 1.29 is 4.79 Å². The Bertz CT molecular complexity index is 632. The molecule has 3 N–H and O–H groups in total. The normalized spacial score (nSPS) is 12.2. The van der Waals surface area contributed by atoms with E-state index in [-0.39, 0.29) is 11.9 Å². The minimum Gasteiger partial charge on any atom is -0.352 e. The van der Waals surface area contributed by atoms with E-state index in [1.54, 1.807) is 0 Å². The van der Waals surface area contributed by atoms with Crippen molar-refractivity contribution in [1.82, 2.24) is 15.1 Å². The molecule has 0 aliphatic heterocycles. The van der Waals surface area contributed by atoms with E-state index in [9.17, 15) is 4.79 Å². The number of benzene rings is 1. The van der Waals surface area contributed by atoms with Gasteiger partial charge in [0.1, 0.15) is 0 Å². The molecule has 1 amide bonds. The summed E-state index contributed by atoms with van der Waals surface area (Å²) in [5.41, 5.74) is 9.75. The Labute approximate surface area is 131 Å². The van der Waals surface area contributed by atoms with Crippen LogP contribution in [0.4, 0.5) is 0 Å². The van der Waals surface area contributed by atoms with Crippen LogP contribution in [-0.4, -0.2) is 21.7 Å². The van der Waals surface area contributed by atoms with E-state index in [1.165, 1.54) is 0 Å². The number of hydrogen-bond donors (Lipinski definition) is 2. The van der Waals surface area contributed by atoms with Crippen molar-refractivity contribution in [2.45, 2.75) is 46.2 Å². The zero-order valence-electron chi connectivity index (χ0n) is 13.5. The molecule has 2 aromatic rings. The van der Waals surface area contributed by atoms with E-state index in [4.69, 9.17) is 5.73 Å². The molecule has 0 fully saturated rings. The SMILES string of the molecule is Cc1nn(-c2ccccc2)c(C)c1CNC(=O)CCC(C)N. The topological polar surface area (TPSA) is 72.9 Å². The average molecular weight is 300 g/mol. The zero-order chi connectivity index (χ0) is 16.1. The monoisotopic (exact) mass is 300 g/mol. The van der Waals surface area contributed by atoms with Gasteiger partial charge in [-0.1, -0.05) is 18.2 Å². The lowest BCUT2D eigenvalue weighted by Crippen LogP contribution is -2.25. The number of amides is 1. The Morgan fingerprint density at radius 2 is 2.00 bits per heavy atom. The fraction of sp³-hybridized carbons (Fsp3) is 0.412. The largest absolute Gasteiger partial charge is 0.352 e. The molecule has 1 aromatic heterocycles. The van der Waals surface area contributed by atoms with Crippen molar-refractivity contribution in [2.75, 3.05) is 0 Å². The molecule has 1 heterocycles. The Kier molecular flexibility index (Phi) is 5.33. The molecule has 0 aliphatic rings. The molecule has 0 bridgehead atoms. The zero-order valence-corrected chi connectivity index (χ0v) is 13.5. The van der Waals surface area contributed by atoms with E-state index in [1.807, 2.05) is 55.8 Å². The molecule has 0 spiro atoms.